The molecule has 0 spiro atoms. The van der Waals surface area contributed by atoms with Crippen molar-refractivity contribution in [2.45, 2.75) is 11.0 Å². The molecule has 0 fully saturated rings. The predicted molar refractivity (Wildman–Crippen MR) is 68.8 cm³/mol. The summed E-state index contributed by atoms with van der Waals surface area (Å²) in [6.45, 7) is 2.85. The Hall–Kier alpha value is -1.70. The molecular formula is C12H15NO5S. The fraction of sp³-hybridized carbons (Fsp3) is 0.250. The van der Waals surface area contributed by atoms with Crippen molar-refractivity contribution in [1.29, 1.82) is 0 Å². The van der Waals surface area contributed by atoms with Crippen molar-refractivity contribution in [3.63, 3.8) is 0 Å². The van der Waals surface area contributed by atoms with E-state index < -0.39 is 28.6 Å². The Morgan fingerprint density at radius 1 is 1.42 bits per heavy atom. The van der Waals surface area contributed by atoms with E-state index in [4.69, 9.17) is 0 Å². The lowest BCUT2D eigenvalue weighted by atomic mass is 10.4. The summed E-state index contributed by atoms with van der Waals surface area (Å²) in [5, 5.41) is 9.42. The molecule has 1 aromatic rings. The number of carbonyl (C=O) groups excluding carboxylic acids is 1. The van der Waals surface area contributed by atoms with Crippen LogP contribution >= 0.6 is 0 Å². The molecule has 0 radical (unpaired) electrons. The van der Waals surface area contributed by atoms with Gasteiger partial charge in [-0.05, 0) is 12.1 Å². The SMILES string of the molecule is C=CCOC(=O)[C@@H](O)CNS(=O)(=O)c1ccccc1. The van der Waals surface area contributed by atoms with Crippen LogP contribution in [0.25, 0.3) is 0 Å². The Bertz CT molecular complexity index is 526. The number of benzene rings is 1. The van der Waals surface area contributed by atoms with Crippen molar-refractivity contribution in [2.75, 3.05) is 13.2 Å². The first kappa shape index (κ1) is 15.4. The Kier molecular flexibility index (Phi) is 5.68. The van der Waals surface area contributed by atoms with Gasteiger partial charge in [-0.25, -0.2) is 17.9 Å². The fourth-order valence-corrected chi connectivity index (χ4v) is 2.25. The van der Waals surface area contributed by atoms with Crippen LogP contribution in [-0.4, -0.2) is 38.7 Å². The van der Waals surface area contributed by atoms with E-state index in [1.54, 1.807) is 18.2 Å². The number of hydrogen-bond acceptors (Lipinski definition) is 5. The molecular weight excluding hydrogens is 270 g/mol. The van der Waals surface area contributed by atoms with Gasteiger partial charge in [0, 0.05) is 6.54 Å². The number of aliphatic hydroxyl groups is 1. The molecule has 0 saturated heterocycles. The maximum Gasteiger partial charge on any atom is 0.336 e. The van der Waals surface area contributed by atoms with Crippen molar-refractivity contribution in [1.82, 2.24) is 4.72 Å². The normalized spacial score (nSPS) is 12.7. The second-order valence-electron chi connectivity index (χ2n) is 3.60. The van der Waals surface area contributed by atoms with Gasteiger partial charge in [-0.1, -0.05) is 30.9 Å². The molecule has 0 unspecified atom stereocenters. The van der Waals surface area contributed by atoms with Gasteiger partial charge in [0.05, 0.1) is 4.90 Å². The van der Waals surface area contributed by atoms with Crippen LogP contribution in [0.4, 0.5) is 0 Å². The van der Waals surface area contributed by atoms with Crippen LogP contribution in [0, 0.1) is 0 Å². The van der Waals surface area contributed by atoms with Crippen LogP contribution in [-0.2, 0) is 19.6 Å². The number of carbonyl (C=O) groups is 1. The largest absolute Gasteiger partial charge is 0.460 e. The smallest absolute Gasteiger partial charge is 0.336 e. The molecule has 0 amide bonds. The molecule has 0 bridgehead atoms. The molecule has 0 aliphatic rings. The molecule has 2 N–H and O–H groups in total. The number of aliphatic hydroxyl groups excluding tert-OH is 1. The molecule has 0 aliphatic carbocycles. The maximum atomic E-state index is 11.8. The van der Waals surface area contributed by atoms with Crippen LogP contribution in [0.5, 0.6) is 0 Å². The monoisotopic (exact) mass is 285 g/mol. The van der Waals surface area contributed by atoms with E-state index in [-0.39, 0.29) is 11.5 Å². The second-order valence-corrected chi connectivity index (χ2v) is 5.37. The Morgan fingerprint density at radius 2 is 2.05 bits per heavy atom. The molecule has 0 aromatic heterocycles. The molecule has 104 valence electrons. The van der Waals surface area contributed by atoms with Gasteiger partial charge in [0.1, 0.15) is 6.61 Å². The topological polar surface area (TPSA) is 92.7 Å². The Balaban J connectivity index is 2.57. The van der Waals surface area contributed by atoms with Crippen LogP contribution < -0.4 is 4.72 Å². The second kappa shape index (κ2) is 7.03. The van der Waals surface area contributed by atoms with Crippen LogP contribution in [0.15, 0.2) is 47.9 Å². The molecule has 1 atom stereocenters. The lowest BCUT2D eigenvalue weighted by Gasteiger charge is -2.11. The first-order chi connectivity index (χ1) is 8.97. The highest BCUT2D eigenvalue weighted by molar-refractivity contribution is 7.89. The highest BCUT2D eigenvalue weighted by Crippen LogP contribution is 2.06. The zero-order chi connectivity index (χ0) is 14.3. The van der Waals surface area contributed by atoms with E-state index in [0.717, 1.165) is 0 Å². The van der Waals surface area contributed by atoms with Gasteiger partial charge in [-0.3, -0.25) is 0 Å². The van der Waals surface area contributed by atoms with Gasteiger partial charge in [-0.15, -0.1) is 0 Å². The summed E-state index contributed by atoms with van der Waals surface area (Å²) >= 11 is 0. The number of hydrogen-bond donors (Lipinski definition) is 2. The molecule has 1 rings (SSSR count). The van der Waals surface area contributed by atoms with Gasteiger partial charge >= 0.3 is 5.97 Å². The number of ether oxygens (including phenoxy) is 1. The van der Waals surface area contributed by atoms with Crippen LogP contribution in [0.2, 0.25) is 0 Å². The first-order valence-electron chi connectivity index (χ1n) is 5.47. The van der Waals surface area contributed by atoms with Gasteiger partial charge in [0.15, 0.2) is 6.10 Å². The first-order valence-corrected chi connectivity index (χ1v) is 6.96. The van der Waals surface area contributed by atoms with Crippen molar-refractivity contribution >= 4 is 16.0 Å². The minimum atomic E-state index is -3.75. The van der Waals surface area contributed by atoms with Crippen molar-refractivity contribution in [2.24, 2.45) is 0 Å². The summed E-state index contributed by atoms with van der Waals surface area (Å²) in [5.74, 6) is -0.907. The molecule has 0 saturated carbocycles. The number of sulfonamides is 1. The zero-order valence-electron chi connectivity index (χ0n) is 10.2. The van der Waals surface area contributed by atoms with E-state index in [1.807, 2.05) is 0 Å². The lowest BCUT2D eigenvalue weighted by Crippen LogP contribution is -2.37. The molecule has 0 heterocycles. The predicted octanol–water partition coefficient (Wildman–Crippen LogP) is 0.0550. The molecule has 6 nitrogen and oxygen atoms in total. The van der Waals surface area contributed by atoms with Crippen molar-refractivity contribution in [3.8, 4) is 0 Å². The van der Waals surface area contributed by atoms with E-state index >= 15 is 0 Å². The summed E-state index contributed by atoms with van der Waals surface area (Å²) < 4.78 is 30.3. The summed E-state index contributed by atoms with van der Waals surface area (Å²) in [4.78, 5) is 11.3. The number of esters is 1. The third-order valence-corrected chi connectivity index (χ3v) is 3.58. The van der Waals surface area contributed by atoms with Gasteiger partial charge in [-0.2, -0.15) is 0 Å². The summed E-state index contributed by atoms with van der Waals surface area (Å²) in [6.07, 6.45) is -0.211. The van der Waals surface area contributed by atoms with E-state index in [1.165, 1.54) is 18.2 Å². The maximum absolute atomic E-state index is 11.8. The molecule has 7 heteroatoms. The summed E-state index contributed by atoms with van der Waals surface area (Å²) in [7, 11) is -3.75. The Labute approximate surface area is 111 Å². The number of rotatable bonds is 7. The molecule has 19 heavy (non-hydrogen) atoms. The van der Waals surface area contributed by atoms with E-state index in [2.05, 4.69) is 16.0 Å². The highest BCUT2D eigenvalue weighted by atomic mass is 32.2. The zero-order valence-corrected chi connectivity index (χ0v) is 11.0. The van der Waals surface area contributed by atoms with Crippen LogP contribution in [0.1, 0.15) is 0 Å². The van der Waals surface area contributed by atoms with Crippen LogP contribution in [0.3, 0.4) is 0 Å². The average Bonchev–Trinajstić information content (AvgIpc) is 2.43. The van der Waals surface area contributed by atoms with E-state index in [9.17, 15) is 18.3 Å². The van der Waals surface area contributed by atoms with Gasteiger partial charge in [0.25, 0.3) is 0 Å². The lowest BCUT2D eigenvalue weighted by molar-refractivity contribution is -0.151. The minimum Gasteiger partial charge on any atom is -0.460 e. The summed E-state index contributed by atoms with van der Waals surface area (Å²) in [5.41, 5.74) is 0. The standard InChI is InChI=1S/C12H15NO5S/c1-2-8-18-12(15)11(14)9-13-19(16,17)10-6-4-3-5-7-10/h2-7,11,13-14H,1,8-9H2/t11-/m0/s1. The van der Waals surface area contributed by atoms with Gasteiger partial charge in [0.2, 0.25) is 10.0 Å². The van der Waals surface area contributed by atoms with E-state index in [0.29, 0.717) is 0 Å². The average molecular weight is 285 g/mol. The molecule has 0 aliphatic heterocycles. The molecule has 1 aromatic carbocycles. The quantitative estimate of drug-likeness (QED) is 0.545. The minimum absolute atomic E-state index is 0.0403. The third-order valence-electron chi connectivity index (χ3n) is 2.14. The third kappa shape index (κ3) is 4.82. The van der Waals surface area contributed by atoms with Crippen molar-refractivity contribution < 1.29 is 23.1 Å². The fourth-order valence-electron chi connectivity index (χ4n) is 1.19. The highest BCUT2D eigenvalue weighted by Gasteiger charge is 2.20. The summed E-state index contributed by atoms with van der Waals surface area (Å²) in [6, 6.07) is 7.64. The van der Waals surface area contributed by atoms with Gasteiger partial charge < -0.3 is 9.84 Å². The number of nitrogens with one attached hydrogen (secondary N) is 1. The Morgan fingerprint density at radius 3 is 2.63 bits per heavy atom. The van der Waals surface area contributed by atoms with Crippen molar-refractivity contribution in [3.05, 3.63) is 43.0 Å².